The molecule has 2 heterocycles. The van der Waals surface area contributed by atoms with E-state index in [9.17, 15) is 9.59 Å². The lowest BCUT2D eigenvalue weighted by Crippen LogP contribution is -2.35. The average Bonchev–Trinajstić information content (AvgIpc) is 3.27. The van der Waals surface area contributed by atoms with E-state index in [1.165, 1.54) is 11.8 Å². The predicted octanol–water partition coefficient (Wildman–Crippen LogP) is 3.80. The molecular formula is C23H23N3O3. The summed E-state index contributed by atoms with van der Waals surface area (Å²) in [7, 11) is 3.92. The lowest BCUT2D eigenvalue weighted by atomic mass is 9.98. The molecule has 0 unspecified atom stereocenters. The van der Waals surface area contributed by atoms with E-state index in [0.29, 0.717) is 24.4 Å². The van der Waals surface area contributed by atoms with E-state index < -0.39 is 0 Å². The summed E-state index contributed by atoms with van der Waals surface area (Å²) in [5, 5.41) is 2.95. The summed E-state index contributed by atoms with van der Waals surface area (Å²) in [6.45, 7) is 1.15. The van der Waals surface area contributed by atoms with Gasteiger partial charge in [-0.1, -0.05) is 6.07 Å². The molecule has 0 saturated carbocycles. The lowest BCUT2D eigenvalue weighted by Gasteiger charge is -2.28. The first-order valence-electron chi connectivity index (χ1n) is 9.54. The molecule has 0 atom stereocenters. The van der Waals surface area contributed by atoms with Gasteiger partial charge in [-0.25, -0.2) is 0 Å². The molecule has 1 aliphatic heterocycles. The van der Waals surface area contributed by atoms with E-state index in [1.807, 2.05) is 61.5 Å². The van der Waals surface area contributed by atoms with E-state index in [0.717, 1.165) is 23.4 Å². The number of nitrogens with one attached hydrogen (secondary N) is 1. The molecule has 148 valence electrons. The first kappa shape index (κ1) is 18.8. The van der Waals surface area contributed by atoms with Crippen LogP contribution in [0.3, 0.4) is 0 Å². The Kier molecular flexibility index (Phi) is 5.08. The highest BCUT2D eigenvalue weighted by atomic mass is 16.3. The van der Waals surface area contributed by atoms with Crippen molar-refractivity contribution in [3.63, 3.8) is 0 Å². The van der Waals surface area contributed by atoms with Crippen LogP contribution in [-0.2, 0) is 13.0 Å². The van der Waals surface area contributed by atoms with Crippen LogP contribution in [-0.4, -0.2) is 37.4 Å². The number of benzene rings is 2. The fourth-order valence-electron chi connectivity index (χ4n) is 3.48. The summed E-state index contributed by atoms with van der Waals surface area (Å²) in [6.07, 6.45) is 2.28. The quantitative estimate of drug-likeness (QED) is 0.737. The van der Waals surface area contributed by atoms with Crippen LogP contribution in [0.2, 0.25) is 0 Å². The van der Waals surface area contributed by atoms with Crippen LogP contribution in [0.1, 0.15) is 32.0 Å². The second-order valence-electron chi connectivity index (χ2n) is 7.33. The van der Waals surface area contributed by atoms with Crippen LogP contribution in [0, 0.1) is 0 Å². The molecule has 2 aromatic carbocycles. The smallest absolute Gasteiger partial charge is 0.289 e. The molecule has 3 aromatic rings. The van der Waals surface area contributed by atoms with Crippen molar-refractivity contribution in [3.8, 4) is 0 Å². The molecule has 0 fully saturated rings. The van der Waals surface area contributed by atoms with Gasteiger partial charge in [0, 0.05) is 44.1 Å². The number of carbonyl (C=O) groups is 2. The maximum Gasteiger partial charge on any atom is 0.289 e. The highest BCUT2D eigenvalue weighted by Gasteiger charge is 2.23. The van der Waals surface area contributed by atoms with Gasteiger partial charge >= 0.3 is 0 Å². The number of fused-ring (bicyclic) bond motifs is 1. The van der Waals surface area contributed by atoms with E-state index in [2.05, 4.69) is 5.32 Å². The molecule has 0 saturated heterocycles. The van der Waals surface area contributed by atoms with Crippen molar-refractivity contribution < 1.29 is 14.0 Å². The Hall–Kier alpha value is -3.54. The molecule has 6 heteroatoms. The van der Waals surface area contributed by atoms with E-state index >= 15 is 0 Å². The Labute approximate surface area is 169 Å². The molecule has 0 spiro atoms. The fraction of sp³-hybridized carbons (Fsp3) is 0.217. The predicted molar refractivity (Wildman–Crippen MR) is 112 cm³/mol. The Bertz CT molecular complexity index is 1020. The normalized spacial score (nSPS) is 13.0. The Morgan fingerprint density at radius 1 is 1.03 bits per heavy atom. The topological polar surface area (TPSA) is 65.8 Å². The van der Waals surface area contributed by atoms with E-state index in [-0.39, 0.29) is 11.8 Å². The number of anilines is 2. The van der Waals surface area contributed by atoms with Gasteiger partial charge in [-0.15, -0.1) is 0 Å². The number of hydrogen-bond donors (Lipinski definition) is 1. The largest absolute Gasteiger partial charge is 0.459 e. The minimum Gasteiger partial charge on any atom is -0.459 e. The van der Waals surface area contributed by atoms with Gasteiger partial charge in [0.05, 0.1) is 6.26 Å². The molecule has 6 nitrogen and oxygen atoms in total. The number of amides is 2. The van der Waals surface area contributed by atoms with Gasteiger partial charge < -0.3 is 19.5 Å². The number of furan rings is 1. The highest BCUT2D eigenvalue weighted by molar-refractivity contribution is 6.04. The van der Waals surface area contributed by atoms with Crippen LogP contribution in [0.15, 0.2) is 65.3 Å². The highest BCUT2D eigenvalue weighted by Crippen LogP contribution is 2.24. The van der Waals surface area contributed by atoms with E-state index in [1.54, 1.807) is 17.0 Å². The second-order valence-corrected chi connectivity index (χ2v) is 7.33. The van der Waals surface area contributed by atoms with Crippen molar-refractivity contribution >= 4 is 23.2 Å². The van der Waals surface area contributed by atoms with Gasteiger partial charge in [0.2, 0.25) is 0 Å². The molecule has 1 N–H and O–H groups in total. The molecule has 29 heavy (non-hydrogen) atoms. The van der Waals surface area contributed by atoms with Crippen molar-refractivity contribution in [2.45, 2.75) is 13.0 Å². The number of hydrogen-bond acceptors (Lipinski definition) is 4. The van der Waals surface area contributed by atoms with Crippen molar-refractivity contribution in [3.05, 3.63) is 83.3 Å². The first-order chi connectivity index (χ1) is 14.0. The number of nitrogens with zero attached hydrogens (tertiary/aromatic N) is 2. The summed E-state index contributed by atoms with van der Waals surface area (Å²) in [5.41, 5.74) is 4.59. The van der Waals surface area contributed by atoms with Crippen molar-refractivity contribution in [1.29, 1.82) is 0 Å². The summed E-state index contributed by atoms with van der Waals surface area (Å²) in [5.74, 6) is 0.0738. The van der Waals surface area contributed by atoms with Crippen LogP contribution >= 0.6 is 0 Å². The minimum atomic E-state index is -0.158. The maximum absolute atomic E-state index is 12.6. The molecule has 4 rings (SSSR count). The second kappa shape index (κ2) is 7.83. The number of carbonyl (C=O) groups excluding carboxylic acids is 2. The zero-order valence-electron chi connectivity index (χ0n) is 16.5. The average molecular weight is 389 g/mol. The van der Waals surface area contributed by atoms with Gasteiger partial charge in [0.1, 0.15) is 0 Å². The van der Waals surface area contributed by atoms with Crippen LogP contribution in [0.5, 0.6) is 0 Å². The van der Waals surface area contributed by atoms with Crippen LogP contribution < -0.4 is 10.2 Å². The molecule has 0 bridgehead atoms. The SMILES string of the molecule is CN(C)c1ccc(C(=O)Nc2ccc3c(c2)CN(C(=O)c2ccco2)CC3)cc1. The zero-order valence-corrected chi connectivity index (χ0v) is 16.5. The third kappa shape index (κ3) is 4.01. The van der Waals surface area contributed by atoms with Crippen LogP contribution in [0.25, 0.3) is 0 Å². The monoisotopic (exact) mass is 389 g/mol. The van der Waals surface area contributed by atoms with Gasteiger partial charge in [0.15, 0.2) is 5.76 Å². The third-order valence-electron chi connectivity index (χ3n) is 5.14. The van der Waals surface area contributed by atoms with Crippen molar-refractivity contribution in [2.24, 2.45) is 0 Å². The molecule has 2 amide bonds. The first-order valence-corrected chi connectivity index (χ1v) is 9.54. The lowest BCUT2D eigenvalue weighted by molar-refractivity contribution is 0.0702. The third-order valence-corrected chi connectivity index (χ3v) is 5.14. The molecule has 0 radical (unpaired) electrons. The summed E-state index contributed by atoms with van der Waals surface area (Å²) in [6, 6.07) is 16.7. The van der Waals surface area contributed by atoms with Gasteiger partial charge in [-0.2, -0.15) is 0 Å². The zero-order chi connectivity index (χ0) is 20.4. The summed E-state index contributed by atoms with van der Waals surface area (Å²) >= 11 is 0. The van der Waals surface area contributed by atoms with Crippen LogP contribution in [0.4, 0.5) is 11.4 Å². The molecule has 1 aromatic heterocycles. The van der Waals surface area contributed by atoms with Gasteiger partial charge in [-0.3, -0.25) is 9.59 Å². The Balaban J connectivity index is 1.47. The van der Waals surface area contributed by atoms with Gasteiger partial charge in [-0.05, 0) is 66.1 Å². The van der Waals surface area contributed by atoms with Crippen molar-refractivity contribution in [2.75, 3.05) is 30.9 Å². The van der Waals surface area contributed by atoms with Gasteiger partial charge in [0.25, 0.3) is 11.8 Å². The maximum atomic E-state index is 12.6. The fourth-order valence-corrected chi connectivity index (χ4v) is 3.48. The van der Waals surface area contributed by atoms with E-state index in [4.69, 9.17) is 4.42 Å². The Morgan fingerprint density at radius 2 is 1.83 bits per heavy atom. The summed E-state index contributed by atoms with van der Waals surface area (Å²) in [4.78, 5) is 28.9. The summed E-state index contributed by atoms with van der Waals surface area (Å²) < 4.78 is 5.23. The number of rotatable bonds is 4. The minimum absolute atomic E-state index is 0.115. The molecule has 1 aliphatic rings. The Morgan fingerprint density at radius 3 is 2.52 bits per heavy atom. The molecule has 0 aliphatic carbocycles. The standard InChI is InChI=1S/C23H23N3O3/c1-25(2)20-9-6-17(7-10-20)22(27)24-19-8-5-16-11-12-26(15-18(16)14-19)23(28)21-4-3-13-29-21/h3-10,13-14H,11-12,15H2,1-2H3,(H,24,27). The van der Waals surface area contributed by atoms with Crippen molar-refractivity contribution in [1.82, 2.24) is 4.90 Å². The molecular weight excluding hydrogens is 366 g/mol.